The Balaban J connectivity index is 4.34. The quantitative estimate of drug-likeness (QED) is 0.0265. The van der Waals surface area contributed by atoms with Crippen LogP contribution in [0.1, 0.15) is 174 Å². The third-order valence-corrected chi connectivity index (χ3v) is 9.73. The smallest absolute Gasteiger partial charge is 0.306 e. The monoisotopic (exact) mass is 786 g/mol. The number of ether oxygens (including phenoxy) is 3. The van der Waals surface area contributed by atoms with Crippen LogP contribution in [0.4, 0.5) is 0 Å². The van der Waals surface area contributed by atoms with Gasteiger partial charge in [0.05, 0.1) is 40.3 Å². The molecule has 0 spiro atoms. The zero-order valence-electron chi connectivity index (χ0n) is 36.5. The largest absolute Gasteiger partial charge is 0.544 e. The maximum atomic E-state index is 12.7. The molecule has 0 aliphatic carbocycles. The number of carboxylic acids is 1. The Hall–Kier alpha value is -2.97. The molecule has 56 heavy (non-hydrogen) atoms. The van der Waals surface area contributed by atoms with E-state index in [2.05, 4.69) is 68.5 Å². The number of likely N-dealkylation sites (N-methyl/N-ethyl adjacent to an activating group) is 1. The third-order valence-electron chi connectivity index (χ3n) is 9.73. The molecule has 0 aliphatic heterocycles. The minimum absolute atomic E-state index is 0.0306. The zero-order valence-corrected chi connectivity index (χ0v) is 36.5. The second-order valence-corrected chi connectivity index (χ2v) is 16.0. The molecule has 0 aromatic carbocycles. The molecular formula is C48H83NO7. The molecule has 0 heterocycles. The molecule has 2 atom stereocenters. The van der Waals surface area contributed by atoms with Gasteiger partial charge in [-0.2, -0.15) is 0 Å². The van der Waals surface area contributed by atoms with Crippen LogP contribution in [0.15, 0.2) is 60.8 Å². The van der Waals surface area contributed by atoms with Crippen LogP contribution < -0.4 is 5.11 Å². The summed E-state index contributed by atoms with van der Waals surface area (Å²) in [7, 11) is 5.39. The summed E-state index contributed by atoms with van der Waals surface area (Å²) in [6, 6.07) is -0.731. The van der Waals surface area contributed by atoms with Gasteiger partial charge in [-0.15, -0.1) is 0 Å². The van der Waals surface area contributed by atoms with E-state index in [-0.39, 0.29) is 42.7 Å². The van der Waals surface area contributed by atoms with Crippen LogP contribution in [0.5, 0.6) is 0 Å². The first-order valence-electron chi connectivity index (χ1n) is 22.4. The first-order valence-corrected chi connectivity index (χ1v) is 22.4. The summed E-state index contributed by atoms with van der Waals surface area (Å²) in [6.45, 7) is 4.47. The van der Waals surface area contributed by atoms with Gasteiger partial charge >= 0.3 is 11.9 Å². The summed E-state index contributed by atoms with van der Waals surface area (Å²) in [5.74, 6) is -1.77. The molecule has 0 aromatic heterocycles. The molecule has 8 nitrogen and oxygen atoms in total. The molecule has 8 heteroatoms. The summed E-state index contributed by atoms with van der Waals surface area (Å²) in [6.07, 6.45) is 46.7. The average Bonchev–Trinajstić information content (AvgIpc) is 3.15. The molecular weight excluding hydrogens is 703 g/mol. The fourth-order valence-electron chi connectivity index (χ4n) is 6.24. The molecule has 0 aromatic rings. The van der Waals surface area contributed by atoms with Gasteiger partial charge in [0.25, 0.3) is 0 Å². The predicted octanol–water partition coefficient (Wildman–Crippen LogP) is 10.9. The van der Waals surface area contributed by atoms with Crippen molar-refractivity contribution in [3.8, 4) is 0 Å². The van der Waals surface area contributed by atoms with Gasteiger partial charge < -0.3 is 28.6 Å². The number of quaternary nitrogens is 1. The summed E-state index contributed by atoms with van der Waals surface area (Å²) in [5.41, 5.74) is 0. The Kier molecular flexibility index (Phi) is 36.8. The highest BCUT2D eigenvalue weighted by Gasteiger charge is 2.25. The van der Waals surface area contributed by atoms with Crippen molar-refractivity contribution in [2.75, 3.05) is 41.0 Å². The van der Waals surface area contributed by atoms with Gasteiger partial charge in [0, 0.05) is 19.3 Å². The highest BCUT2D eigenvalue weighted by Crippen LogP contribution is 2.14. The minimum atomic E-state index is -1.13. The number of rotatable bonds is 39. The second-order valence-electron chi connectivity index (χ2n) is 16.0. The first-order chi connectivity index (χ1) is 27.1. The molecule has 0 rings (SSSR count). The van der Waals surface area contributed by atoms with Crippen molar-refractivity contribution in [3.63, 3.8) is 0 Å². The number of hydrogen-bond donors (Lipinski definition) is 0. The minimum Gasteiger partial charge on any atom is -0.544 e. The van der Waals surface area contributed by atoms with E-state index < -0.39 is 18.1 Å². The van der Waals surface area contributed by atoms with Crippen molar-refractivity contribution in [1.29, 1.82) is 0 Å². The highest BCUT2D eigenvalue weighted by molar-refractivity contribution is 5.70. The summed E-state index contributed by atoms with van der Waals surface area (Å²) >= 11 is 0. The van der Waals surface area contributed by atoms with Crippen LogP contribution in [0.25, 0.3) is 0 Å². The molecule has 0 fully saturated rings. The van der Waals surface area contributed by atoms with Crippen LogP contribution in [0.2, 0.25) is 0 Å². The standard InChI is InChI=1S/C48H83NO7/c1-6-8-10-12-14-16-18-20-21-22-23-24-25-27-29-31-33-35-37-39-47(51)56-44(42-54-41-40-45(48(52)53)49(3,4)5)43-55-46(50)38-36-34-32-30-28-26-19-17-15-13-11-9-7-2/h9,11,13-20,44-45H,6-8,10,12,21-43H2,1-5H3/b11-9+,15-13+,16-14+,19-17+,20-18+. The topological polar surface area (TPSA) is 102 Å². The van der Waals surface area contributed by atoms with Crippen molar-refractivity contribution in [3.05, 3.63) is 60.8 Å². The van der Waals surface area contributed by atoms with Gasteiger partial charge in [-0.25, -0.2) is 0 Å². The van der Waals surface area contributed by atoms with Crippen molar-refractivity contribution < 1.29 is 38.2 Å². The van der Waals surface area contributed by atoms with Crippen molar-refractivity contribution >= 4 is 17.9 Å². The zero-order chi connectivity index (χ0) is 41.4. The Morgan fingerprint density at radius 1 is 0.554 bits per heavy atom. The molecule has 0 amide bonds. The van der Waals surface area contributed by atoms with E-state index in [1.165, 1.54) is 77.0 Å². The Morgan fingerprint density at radius 3 is 1.48 bits per heavy atom. The fourth-order valence-corrected chi connectivity index (χ4v) is 6.24. The lowest BCUT2D eigenvalue weighted by Gasteiger charge is -2.34. The number of esters is 2. The number of aliphatic carboxylic acids is 1. The van der Waals surface area contributed by atoms with Crippen LogP contribution in [-0.2, 0) is 28.6 Å². The number of carbonyl (C=O) groups excluding carboxylic acids is 3. The van der Waals surface area contributed by atoms with Crippen LogP contribution in [-0.4, -0.2) is 75.5 Å². The van der Waals surface area contributed by atoms with Gasteiger partial charge in [-0.05, 0) is 57.8 Å². The van der Waals surface area contributed by atoms with Gasteiger partial charge in [0.15, 0.2) is 6.10 Å². The molecule has 0 radical (unpaired) electrons. The number of hydrogen-bond acceptors (Lipinski definition) is 7. The van der Waals surface area contributed by atoms with E-state index in [0.29, 0.717) is 12.8 Å². The van der Waals surface area contributed by atoms with Gasteiger partial charge in [-0.3, -0.25) is 9.59 Å². The Labute approximate surface area is 343 Å². The van der Waals surface area contributed by atoms with E-state index in [9.17, 15) is 19.5 Å². The molecule has 0 bridgehead atoms. The molecule has 0 saturated heterocycles. The lowest BCUT2D eigenvalue weighted by atomic mass is 10.1. The molecule has 0 N–H and O–H groups in total. The predicted molar refractivity (Wildman–Crippen MR) is 231 cm³/mol. The molecule has 322 valence electrons. The fraction of sp³-hybridized carbons (Fsp3) is 0.729. The number of allylic oxidation sites excluding steroid dienone is 10. The number of nitrogens with zero attached hydrogens (tertiary/aromatic N) is 1. The maximum Gasteiger partial charge on any atom is 0.306 e. The normalized spacial score (nSPS) is 13.5. The number of unbranched alkanes of at least 4 members (excludes halogenated alkanes) is 18. The summed E-state index contributed by atoms with van der Waals surface area (Å²) in [4.78, 5) is 36.8. The molecule has 0 saturated carbocycles. The summed E-state index contributed by atoms with van der Waals surface area (Å²) in [5, 5.41) is 11.6. The maximum absolute atomic E-state index is 12.7. The van der Waals surface area contributed by atoms with E-state index in [1.54, 1.807) is 21.1 Å². The highest BCUT2D eigenvalue weighted by atomic mass is 16.6. The van der Waals surface area contributed by atoms with E-state index in [1.807, 2.05) is 6.08 Å². The van der Waals surface area contributed by atoms with Gasteiger partial charge in [0.1, 0.15) is 12.6 Å². The van der Waals surface area contributed by atoms with Gasteiger partial charge in [-0.1, -0.05) is 158 Å². The number of carboxylic acid groups (broad SMARTS) is 1. The van der Waals surface area contributed by atoms with E-state index in [4.69, 9.17) is 14.2 Å². The van der Waals surface area contributed by atoms with Crippen LogP contribution in [0, 0.1) is 0 Å². The first kappa shape index (κ1) is 53.0. The lowest BCUT2D eigenvalue weighted by molar-refractivity contribution is -0.889. The van der Waals surface area contributed by atoms with Crippen molar-refractivity contribution in [2.24, 2.45) is 0 Å². The van der Waals surface area contributed by atoms with Crippen molar-refractivity contribution in [1.82, 2.24) is 0 Å². The van der Waals surface area contributed by atoms with Crippen LogP contribution in [0.3, 0.4) is 0 Å². The SMILES string of the molecule is CC/C=C/C=C/C=C/CCCCCCCC(=O)OCC(COCCC(C(=O)[O-])[N+](C)(C)C)OC(=O)CCCCCCCCCCCC/C=C/C=C/CCCCC. The van der Waals surface area contributed by atoms with Crippen molar-refractivity contribution in [2.45, 2.75) is 187 Å². The second kappa shape index (κ2) is 38.9. The number of carbonyl (C=O) groups is 3. The van der Waals surface area contributed by atoms with Crippen LogP contribution >= 0.6 is 0 Å². The Morgan fingerprint density at radius 2 is 1.00 bits per heavy atom. The molecule has 0 aliphatic rings. The summed E-state index contributed by atoms with van der Waals surface area (Å²) < 4.78 is 17.1. The Bertz CT molecular complexity index is 1100. The van der Waals surface area contributed by atoms with Gasteiger partial charge in [0.2, 0.25) is 0 Å². The molecule has 2 unspecified atom stereocenters. The third kappa shape index (κ3) is 36.7. The van der Waals surface area contributed by atoms with E-state index >= 15 is 0 Å². The lowest BCUT2D eigenvalue weighted by Crippen LogP contribution is -2.55. The average molecular weight is 786 g/mol. The van der Waals surface area contributed by atoms with E-state index in [0.717, 1.165) is 64.2 Å².